The van der Waals surface area contributed by atoms with Crippen LogP contribution in [-0.2, 0) is 14.3 Å². The minimum absolute atomic E-state index is 0.0531. The number of rotatable bonds is 3. The lowest BCUT2D eigenvalue weighted by Crippen LogP contribution is -2.47. The van der Waals surface area contributed by atoms with Gasteiger partial charge in [-0.05, 0) is 25.9 Å². The van der Waals surface area contributed by atoms with Gasteiger partial charge in [-0.15, -0.1) is 11.8 Å². The van der Waals surface area contributed by atoms with Crippen LogP contribution >= 0.6 is 11.8 Å². The van der Waals surface area contributed by atoms with Crippen LogP contribution in [0, 0.1) is 0 Å². The van der Waals surface area contributed by atoms with Crippen LogP contribution < -0.4 is 0 Å². The Hall–Kier alpha value is -0.750. The summed E-state index contributed by atoms with van der Waals surface area (Å²) in [5.41, 5.74) is 0. The fourth-order valence-electron chi connectivity index (χ4n) is 2.42. The number of nitrogens with zero attached hydrogens (tertiary/aromatic N) is 2. The van der Waals surface area contributed by atoms with Crippen molar-refractivity contribution in [2.75, 3.05) is 38.4 Å². The summed E-state index contributed by atoms with van der Waals surface area (Å²) in [5.74, 6) is 1.01. The molecule has 2 saturated heterocycles. The molecule has 0 aromatic heterocycles. The number of carbonyl (C=O) groups excluding carboxylic acids is 2. The topological polar surface area (TPSA) is 49.9 Å². The number of amides is 1. The molecule has 0 spiro atoms. The molecule has 5 nitrogen and oxygen atoms in total. The lowest BCUT2D eigenvalue weighted by Gasteiger charge is -2.29. The lowest BCUT2D eigenvalue weighted by atomic mass is 10.1. The zero-order valence-electron chi connectivity index (χ0n) is 10.8. The van der Waals surface area contributed by atoms with E-state index in [1.54, 1.807) is 16.7 Å². The molecule has 0 aromatic carbocycles. The van der Waals surface area contributed by atoms with E-state index in [1.165, 1.54) is 26.4 Å². The third-order valence-electron chi connectivity index (χ3n) is 3.48. The third-order valence-corrected chi connectivity index (χ3v) is 4.50. The molecule has 6 heteroatoms. The summed E-state index contributed by atoms with van der Waals surface area (Å²) < 4.78 is 4.74. The van der Waals surface area contributed by atoms with Crippen molar-refractivity contribution in [3.8, 4) is 0 Å². The van der Waals surface area contributed by atoms with Crippen molar-refractivity contribution < 1.29 is 14.3 Å². The molecule has 2 fully saturated rings. The van der Waals surface area contributed by atoms with E-state index in [0.29, 0.717) is 18.2 Å². The first-order valence-corrected chi connectivity index (χ1v) is 7.55. The molecule has 18 heavy (non-hydrogen) atoms. The number of hydrogen-bond donors (Lipinski definition) is 0. The monoisotopic (exact) mass is 272 g/mol. The van der Waals surface area contributed by atoms with Crippen molar-refractivity contribution >= 4 is 23.6 Å². The number of piperidine rings is 1. The fraction of sp³-hybridized carbons (Fsp3) is 0.833. The summed E-state index contributed by atoms with van der Waals surface area (Å²) in [6.45, 7) is 2.43. The summed E-state index contributed by atoms with van der Waals surface area (Å²) >= 11 is 1.61. The number of ether oxygens (including phenoxy) is 1. The molecule has 2 aliphatic heterocycles. The average Bonchev–Trinajstić information content (AvgIpc) is 2.88. The summed E-state index contributed by atoms with van der Waals surface area (Å²) in [4.78, 5) is 27.6. The third kappa shape index (κ3) is 3.17. The van der Waals surface area contributed by atoms with Gasteiger partial charge in [0.25, 0.3) is 0 Å². The molecule has 1 atom stereocenters. The Morgan fingerprint density at radius 2 is 2.00 bits per heavy atom. The van der Waals surface area contributed by atoms with Crippen LogP contribution in [0.25, 0.3) is 0 Å². The summed E-state index contributed by atoms with van der Waals surface area (Å²) in [7, 11) is 1.37. The molecule has 0 saturated carbocycles. The number of carbonyl (C=O) groups is 2. The van der Waals surface area contributed by atoms with Gasteiger partial charge in [0.1, 0.15) is 6.04 Å². The van der Waals surface area contributed by atoms with E-state index >= 15 is 0 Å². The first-order valence-electron chi connectivity index (χ1n) is 6.40. The predicted octanol–water partition coefficient (Wildman–Crippen LogP) is 0.547. The van der Waals surface area contributed by atoms with Crippen molar-refractivity contribution in [3.63, 3.8) is 0 Å². The van der Waals surface area contributed by atoms with E-state index in [-0.39, 0.29) is 11.9 Å². The van der Waals surface area contributed by atoms with Gasteiger partial charge in [0, 0.05) is 5.75 Å². The average molecular weight is 272 g/mol. The van der Waals surface area contributed by atoms with Gasteiger partial charge in [-0.3, -0.25) is 9.69 Å². The van der Waals surface area contributed by atoms with Crippen LogP contribution in [0.2, 0.25) is 0 Å². The first-order chi connectivity index (χ1) is 8.72. The Bertz CT molecular complexity index is 318. The van der Waals surface area contributed by atoms with E-state index in [9.17, 15) is 9.59 Å². The number of esters is 1. The molecule has 0 unspecified atom stereocenters. The molecule has 2 heterocycles. The van der Waals surface area contributed by atoms with Crippen molar-refractivity contribution in [1.29, 1.82) is 0 Å². The maximum absolute atomic E-state index is 12.2. The van der Waals surface area contributed by atoms with Crippen LogP contribution in [0.4, 0.5) is 0 Å². The Morgan fingerprint density at radius 3 is 2.67 bits per heavy atom. The molecular weight excluding hydrogens is 252 g/mol. The van der Waals surface area contributed by atoms with Crippen molar-refractivity contribution in [2.24, 2.45) is 0 Å². The van der Waals surface area contributed by atoms with Crippen molar-refractivity contribution in [3.05, 3.63) is 0 Å². The summed E-state index contributed by atoms with van der Waals surface area (Å²) in [6.07, 6.45) is 3.60. The van der Waals surface area contributed by atoms with Gasteiger partial charge in [-0.1, -0.05) is 6.42 Å². The molecule has 0 N–H and O–H groups in total. The van der Waals surface area contributed by atoms with Crippen LogP contribution in [0.1, 0.15) is 19.3 Å². The second-order valence-electron chi connectivity index (χ2n) is 4.74. The van der Waals surface area contributed by atoms with E-state index in [1.807, 2.05) is 0 Å². The highest BCUT2D eigenvalue weighted by Gasteiger charge is 2.35. The van der Waals surface area contributed by atoms with Gasteiger partial charge in [0.05, 0.1) is 19.5 Å². The Labute approximate surface area is 112 Å². The van der Waals surface area contributed by atoms with E-state index in [2.05, 4.69) is 4.90 Å². The van der Waals surface area contributed by atoms with Crippen LogP contribution in [-0.4, -0.2) is 66.1 Å². The van der Waals surface area contributed by atoms with E-state index in [4.69, 9.17) is 4.74 Å². The molecule has 102 valence electrons. The van der Waals surface area contributed by atoms with Crippen molar-refractivity contribution in [2.45, 2.75) is 25.3 Å². The molecule has 2 rings (SSSR count). The van der Waals surface area contributed by atoms with Crippen molar-refractivity contribution in [1.82, 2.24) is 9.80 Å². The highest BCUT2D eigenvalue weighted by molar-refractivity contribution is 7.99. The Kier molecular flexibility index (Phi) is 4.88. The number of thioether (sulfide) groups is 1. The minimum atomic E-state index is -0.391. The standard InChI is InChI=1S/C12H20N2O3S/c1-17-12(16)10-8-18-9-14(10)11(15)7-13-5-3-2-4-6-13/h10H,2-9H2,1H3/t10-/m1/s1. The van der Waals surface area contributed by atoms with Gasteiger partial charge in [0.15, 0.2) is 0 Å². The van der Waals surface area contributed by atoms with Gasteiger partial charge < -0.3 is 9.64 Å². The quantitative estimate of drug-likeness (QED) is 0.702. The summed E-state index contributed by atoms with van der Waals surface area (Å²) in [5, 5.41) is 0. The first kappa shape index (κ1) is 13.7. The normalized spacial score (nSPS) is 25.2. The van der Waals surface area contributed by atoms with Crippen LogP contribution in [0.5, 0.6) is 0 Å². The SMILES string of the molecule is COC(=O)[C@H]1CSCN1C(=O)CN1CCCCC1. The zero-order chi connectivity index (χ0) is 13.0. The second kappa shape index (κ2) is 6.43. The minimum Gasteiger partial charge on any atom is -0.467 e. The molecule has 0 radical (unpaired) electrons. The number of likely N-dealkylation sites (tertiary alicyclic amines) is 1. The smallest absolute Gasteiger partial charge is 0.329 e. The second-order valence-corrected chi connectivity index (χ2v) is 5.74. The lowest BCUT2D eigenvalue weighted by molar-refractivity contribution is -0.150. The van der Waals surface area contributed by atoms with Gasteiger partial charge in [-0.25, -0.2) is 4.79 Å². The maximum Gasteiger partial charge on any atom is 0.329 e. The van der Waals surface area contributed by atoms with Gasteiger partial charge in [0.2, 0.25) is 5.91 Å². The summed E-state index contributed by atoms with van der Waals surface area (Å²) in [6, 6.07) is -0.391. The zero-order valence-corrected chi connectivity index (χ0v) is 11.6. The van der Waals surface area contributed by atoms with E-state index in [0.717, 1.165) is 13.1 Å². The maximum atomic E-state index is 12.2. The molecule has 1 amide bonds. The Morgan fingerprint density at radius 1 is 1.28 bits per heavy atom. The Balaban J connectivity index is 1.89. The number of methoxy groups -OCH3 is 1. The highest BCUT2D eigenvalue weighted by Crippen LogP contribution is 2.22. The van der Waals surface area contributed by atoms with E-state index < -0.39 is 6.04 Å². The predicted molar refractivity (Wildman–Crippen MR) is 70.3 cm³/mol. The molecule has 2 aliphatic rings. The van der Waals surface area contributed by atoms with Crippen LogP contribution in [0.15, 0.2) is 0 Å². The molecule has 0 aliphatic carbocycles. The molecule has 0 bridgehead atoms. The highest BCUT2D eigenvalue weighted by atomic mass is 32.2. The van der Waals surface area contributed by atoms with Crippen LogP contribution in [0.3, 0.4) is 0 Å². The van der Waals surface area contributed by atoms with Gasteiger partial charge in [-0.2, -0.15) is 0 Å². The fourth-order valence-corrected chi connectivity index (χ4v) is 3.58. The van der Waals surface area contributed by atoms with Gasteiger partial charge >= 0.3 is 5.97 Å². The number of hydrogen-bond acceptors (Lipinski definition) is 5. The molecule has 0 aromatic rings. The largest absolute Gasteiger partial charge is 0.467 e. The molecular formula is C12H20N2O3S.